The van der Waals surface area contributed by atoms with Crippen molar-refractivity contribution in [2.24, 2.45) is 0 Å². The molecule has 1 heterocycles. The third kappa shape index (κ3) is 1.75. The molecule has 0 aliphatic carbocycles. The molecule has 0 saturated heterocycles. The van der Waals surface area contributed by atoms with Gasteiger partial charge < -0.3 is 9.84 Å². The molecule has 2 atom stereocenters. The Morgan fingerprint density at radius 1 is 1.82 bits per heavy atom. The zero-order chi connectivity index (χ0) is 8.43. The monoisotopic (exact) mass is 174 g/mol. The number of aliphatic hydroxyl groups excluding tert-OH is 1. The van der Waals surface area contributed by atoms with Gasteiger partial charge in [0.2, 0.25) is 5.12 Å². The molecule has 0 amide bonds. The van der Waals surface area contributed by atoms with Crippen LogP contribution in [-0.2, 0) is 9.53 Å². The molecule has 1 aliphatic rings. The lowest BCUT2D eigenvalue weighted by Gasteiger charge is -2.15. The molecule has 0 bridgehead atoms. The lowest BCUT2D eigenvalue weighted by molar-refractivity contribution is -0.106. The van der Waals surface area contributed by atoms with Crippen LogP contribution in [0.2, 0.25) is 0 Å². The van der Waals surface area contributed by atoms with Gasteiger partial charge in [-0.3, -0.25) is 4.79 Å². The van der Waals surface area contributed by atoms with Crippen molar-refractivity contribution < 1.29 is 14.6 Å². The maximum atomic E-state index is 10.8. The summed E-state index contributed by atoms with van der Waals surface area (Å²) < 4.78 is 4.98. The minimum Gasteiger partial charge on any atom is -0.511 e. The Bertz CT molecular complexity index is 200. The van der Waals surface area contributed by atoms with E-state index in [2.05, 4.69) is 0 Å². The summed E-state index contributed by atoms with van der Waals surface area (Å²) >= 11 is 1.10. The zero-order valence-corrected chi connectivity index (χ0v) is 7.22. The molecule has 0 spiro atoms. The van der Waals surface area contributed by atoms with Crippen LogP contribution in [0.3, 0.4) is 0 Å². The minimum absolute atomic E-state index is 0.101. The second-order valence-electron chi connectivity index (χ2n) is 2.37. The van der Waals surface area contributed by atoms with E-state index in [0.717, 1.165) is 11.8 Å². The van der Waals surface area contributed by atoms with E-state index < -0.39 is 0 Å². The van der Waals surface area contributed by atoms with Crippen LogP contribution in [0.15, 0.2) is 11.8 Å². The Hall–Kier alpha value is -0.480. The van der Waals surface area contributed by atoms with Crippen molar-refractivity contribution in [3.63, 3.8) is 0 Å². The Morgan fingerprint density at radius 2 is 2.45 bits per heavy atom. The van der Waals surface area contributed by atoms with E-state index in [1.807, 2.05) is 6.92 Å². The molecular weight excluding hydrogens is 164 g/mol. The lowest BCUT2D eigenvalue weighted by atomic mass is 10.2. The molecule has 1 rings (SSSR count). The summed E-state index contributed by atoms with van der Waals surface area (Å²) in [6, 6.07) is 0. The third-order valence-electron chi connectivity index (χ3n) is 1.60. The first-order chi connectivity index (χ1) is 5.15. The minimum atomic E-state index is -0.215. The first kappa shape index (κ1) is 8.62. The summed E-state index contributed by atoms with van der Waals surface area (Å²) in [5.41, 5.74) is 0. The van der Waals surface area contributed by atoms with Crippen LogP contribution >= 0.6 is 11.8 Å². The maximum absolute atomic E-state index is 10.8. The number of methoxy groups -OCH3 is 1. The van der Waals surface area contributed by atoms with Gasteiger partial charge in [0.25, 0.3) is 0 Å². The highest BCUT2D eigenvalue weighted by Crippen LogP contribution is 2.29. The summed E-state index contributed by atoms with van der Waals surface area (Å²) in [4.78, 5) is 10.8. The van der Waals surface area contributed by atoms with E-state index >= 15 is 0 Å². The zero-order valence-electron chi connectivity index (χ0n) is 6.40. The molecule has 1 N–H and O–H groups in total. The summed E-state index contributed by atoms with van der Waals surface area (Å²) in [5, 5.41) is 8.88. The Balaban J connectivity index is 2.63. The fourth-order valence-corrected chi connectivity index (χ4v) is 1.81. The molecule has 0 aromatic rings. The van der Waals surface area contributed by atoms with E-state index in [9.17, 15) is 9.90 Å². The highest BCUT2D eigenvalue weighted by molar-refractivity contribution is 8.15. The third-order valence-corrected chi connectivity index (χ3v) is 2.83. The van der Waals surface area contributed by atoms with Crippen molar-refractivity contribution in [2.45, 2.75) is 18.3 Å². The fraction of sp³-hybridized carbons (Fsp3) is 0.571. The number of carbonyl (C=O) groups excluding carboxylic acids is 1. The fourth-order valence-electron chi connectivity index (χ4n) is 0.882. The van der Waals surface area contributed by atoms with Gasteiger partial charge in [-0.2, -0.15) is 0 Å². The molecule has 0 saturated carbocycles. The average molecular weight is 174 g/mol. The summed E-state index contributed by atoms with van der Waals surface area (Å²) in [6.07, 6.45) is 1.12. The quantitative estimate of drug-likeness (QED) is 0.681. The molecule has 3 nitrogen and oxygen atoms in total. The van der Waals surface area contributed by atoms with Crippen LogP contribution in [0.1, 0.15) is 6.92 Å². The summed E-state index contributed by atoms with van der Waals surface area (Å²) in [7, 11) is 1.56. The van der Waals surface area contributed by atoms with Gasteiger partial charge in [0.05, 0.1) is 11.4 Å². The van der Waals surface area contributed by atoms with Gasteiger partial charge in [-0.1, -0.05) is 11.8 Å². The van der Waals surface area contributed by atoms with Crippen molar-refractivity contribution in [1.29, 1.82) is 0 Å². The van der Waals surface area contributed by atoms with E-state index in [-0.39, 0.29) is 22.2 Å². The molecule has 2 unspecified atom stereocenters. The number of aliphatic hydroxyl groups is 1. The van der Waals surface area contributed by atoms with Gasteiger partial charge in [-0.05, 0) is 6.92 Å². The molecule has 0 aromatic heterocycles. The second kappa shape index (κ2) is 3.28. The van der Waals surface area contributed by atoms with Crippen LogP contribution in [0.4, 0.5) is 0 Å². The predicted molar refractivity (Wildman–Crippen MR) is 43.6 cm³/mol. The van der Waals surface area contributed by atoms with Gasteiger partial charge in [-0.25, -0.2) is 0 Å². The Morgan fingerprint density at radius 3 is 2.82 bits per heavy atom. The van der Waals surface area contributed by atoms with E-state index in [0.29, 0.717) is 0 Å². The normalized spacial score (nSPS) is 26.9. The van der Waals surface area contributed by atoms with Gasteiger partial charge in [0.15, 0.2) is 0 Å². The average Bonchev–Trinajstić information content (AvgIpc) is 2.28. The highest BCUT2D eigenvalue weighted by atomic mass is 32.2. The Kier molecular flexibility index (Phi) is 2.57. The first-order valence-electron chi connectivity index (χ1n) is 3.29. The van der Waals surface area contributed by atoms with Crippen LogP contribution in [-0.4, -0.2) is 28.7 Å². The molecule has 0 radical (unpaired) electrons. The lowest BCUT2D eigenvalue weighted by Crippen LogP contribution is -2.21. The number of carbonyl (C=O) groups is 1. The number of rotatable bonds is 2. The SMILES string of the molecule is COC(C)C1SC(=O)C=C1O. The largest absolute Gasteiger partial charge is 0.511 e. The van der Waals surface area contributed by atoms with Crippen LogP contribution < -0.4 is 0 Å². The standard InChI is InChI=1S/C7H10O3S/c1-4(10-2)7-5(8)3-6(9)11-7/h3-4,7-8H,1-2H3. The summed E-state index contributed by atoms with van der Waals surface area (Å²) in [6.45, 7) is 1.82. The predicted octanol–water partition coefficient (Wildman–Crippen LogP) is 1.11. The molecule has 4 heteroatoms. The first-order valence-corrected chi connectivity index (χ1v) is 4.17. The highest BCUT2D eigenvalue weighted by Gasteiger charge is 2.30. The van der Waals surface area contributed by atoms with Crippen molar-refractivity contribution in [3.05, 3.63) is 11.8 Å². The summed E-state index contributed by atoms with van der Waals surface area (Å²) in [5.74, 6) is 0.120. The number of ether oxygens (including phenoxy) is 1. The molecule has 0 aromatic carbocycles. The van der Waals surface area contributed by atoms with Gasteiger partial charge >= 0.3 is 0 Å². The smallest absolute Gasteiger partial charge is 0.216 e. The Labute approximate surface area is 69.4 Å². The van der Waals surface area contributed by atoms with Gasteiger partial charge in [0, 0.05) is 13.2 Å². The van der Waals surface area contributed by atoms with Crippen molar-refractivity contribution >= 4 is 16.9 Å². The van der Waals surface area contributed by atoms with E-state index in [1.54, 1.807) is 7.11 Å². The molecule has 11 heavy (non-hydrogen) atoms. The second-order valence-corrected chi connectivity index (χ2v) is 3.51. The van der Waals surface area contributed by atoms with E-state index in [4.69, 9.17) is 4.74 Å². The number of thioether (sulfide) groups is 1. The van der Waals surface area contributed by atoms with Crippen LogP contribution in [0, 0.1) is 0 Å². The molecule has 1 aliphatic heterocycles. The topological polar surface area (TPSA) is 46.5 Å². The van der Waals surface area contributed by atoms with Crippen molar-refractivity contribution in [3.8, 4) is 0 Å². The van der Waals surface area contributed by atoms with Crippen LogP contribution in [0.25, 0.3) is 0 Å². The maximum Gasteiger partial charge on any atom is 0.216 e. The number of hydrogen-bond donors (Lipinski definition) is 1. The molecule has 0 fully saturated rings. The van der Waals surface area contributed by atoms with Gasteiger partial charge in [0.1, 0.15) is 5.76 Å². The van der Waals surface area contributed by atoms with Crippen molar-refractivity contribution in [2.75, 3.05) is 7.11 Å². The molecule has 62 valence electrons. The number of hydrogen-bond acceptors (Lipinski definition) is 4. The van der Waals surface area contributed by atoms with Crippen LogP contribution in [0.5, 0.6) is 0 Å². The van der Waals surface area contributed by atoms with Crippen molar-refractivity contribution in [1.82, 2.24) is 0 Å². The molecular formula is C7H10O3S. The van der Waals surface area contributed by atoms with Gasteiger partial charge in [-0.15, -0.1) is 0 Å². The van der Waals surface area contributed by atoms with E-state index in [1.165, 1.54) is 6.08 Å².